The Morgan fingerprint density at radius 1 is 1.31 bits per heavy atom. The van der Waals surface area contributed by atoms with Crippen LogP contribution in [0.25, 0.3) is 28.6 Å². The summed E-state index contributed by atoms with van der Waals surface area (Å²) in [4.78, 5) is 20.6. The van der Waals surface area contributed by atoms with Gasteiger partial charge < -0.3 is 15.4 Å². The van der Waals surface area contributed by atoms with Gasteiger partial charge in [0.2, 0.25) is 0 Å². The molecule has 0 aliphatic heterocycles. The molecule has 0 bridgehead atoms. The largest absolute Gasteiger partial charge is 0.478 e. The highest BCUT2D eigenvalue weighted by molar-refractivity contribution is 7.99. The second-order valence-electron chi connectivity index (χ2n) is 6.03. The quantitative estimate of drug-likeness (QED) is 0.461. The summed E-state index contributed by atoms with van der Waals surface area (Å²) in [5.41, 5.74) is 8.67. The molecule has 0 aliphatic rings. The number of aryl methyl sites for hydroxylation is 1. The Balaban J connectivity index is 1.64. The molecule has 0 atom stereocenters. The van der Waals surface area contributed by atoms with Gasteiger partial charge in [-0.05, 0) is 47.1 Å². The van der Waals surface area contributed by atoms with Crippen molar-refractivity contribution >= 4 is 40.7 Å². The lowest BCUT2D eigenvalue weighted by Gasteiger charge is -2.05. The number of carbonyl (C=O) groups is 1. The van der Waals surface area contributed by atoms with Gasteiger partial charge in [0.25, 0.3) is 0 Å². The smallest absolute Gasteiger partial charge is 0.328 e. The number of carboxylic acid groups (broad SMARTS) is 1. The molecule has 3 N–H and O–H groups in total. The first-order valence-corrected chi connectivity index (χ1v) is 9.50. The van der Waals surface area contributed by atoms with Gasteiger partial charge in [-0.25, -0.2) is 19.4 Å². The third kappa shape index (κ3) is 3.83. The zero-order valence-electron chi connectivity index (χ0n) is 15.3. The van der Waals surface area contributed by atoms with Gasteiger partial charge >= 0.3 is 5.97 Å². The lowest BCUT2D eigenvalue weighted by molar-refractivity contribution is -0.131. The van der Waals surface area contributed by atoms with E-state index < -0.39 is 5.97 Å². The zero-order chi connectivity index (χ0) is 20.4. The molecule has 9 nitrogen and oxygen atoms in total. The van der Waals surface area contributed by atoms with Crippen molar-refractivity contribution in [3.05, 3.63) is 48.2 Å². The molecule has 4 rings (SSSR count). The summed E-state index contributed by atoms with van der Waals surface area (Å²) in [6, 6.07) is 9.51. The monoisotopic (exact) mass is 408 g/mol. The van der Waals surface area contributed by atoms with E-state index in [1.54, 1.807) is 12.3 Å². The topological polar surface area (TPSA) is 133 Å². The molecule has 0 saturated carbocycles. The first-order valence-electron chi connectivity index (χ1n) is 8.68. The van der Waals surface area contributed by atoms with Crippen LogP contribution >= 0.6 is 11.8 Å². The van der Waals surface area contributed by atoms with Crippen LogP contribution in [-0.4, -0.2) is 35.9 Å². The zero-order valence-corrected chi connectivity index (χ0v) is 16.1. The number of anilines is 1. The molecule has 3 aromatic heterocycles. The molecule has 0 radical (unpaired) electrons. The van der Waals surface area contributed by atoms with Crippen molar-refractivity contribution in [2.24, 2.45) is 0 Å². The summed E-state index contributed by atoms with van der Waals surface area (Å²) < 4.78 is 6.69. The average Bonchev–Trinajstić information content (AvgIpc) is 3.29. The third-order valence-corrected chi connectivity index (χ3v) is 5.11. The van der Waals surface area contributed by atoms with Gasteiger partial charge in [0.15, 0.2) is 17.3 Å². The Bertz CT molecular complexity index is 1210. The molecule has 10 heteroatoms. The standard InChI is InChI=1S/C19H16N6O3S/c1-2-25-14-9-15(29-12-6-3-11(4-7-12)5-8-16(26)27)21-10-13(14)22-19(25)17-18(20)24-28-23-17/h3-10H,2H2,1H3,(H2,20,24)(H,26,27)/b8-5+. The molecule has 0 spiro atoms. The van der Waals surface area contributed by atoms with Crippen LogP contribution in [-0.2, 0) is 11.3 Å². The Morgan fingerprint density at radius 3 is 2.76 bits per heavy atom. The molecule has 1 aromatic carbocycles. The summed E-state index contributed by atoms with van der Waals surface area (Å²) in [6.45, 7) is 2.67. The molecule has 0 unspecified atom stereocenters. The Labute approximate surface area is 169 Å². The maximum absolute atomic E-state index is 10.6. The first kappa shape index (κ1) is 18.7. The number of imidazole rings is 1. The summed E-state index contributed by atoms with van der Waals surface area (Å²) in [6.07, 6.45) is 4.37. The van der Waals surface area contributed by atoms with Gasteiger partial charge in [-0.1, -0.05) is 23.9 Å². The van der Waals surface area contributed by atoms with E-state index in [1.165, 1.54) is 11.8 Å². The number of carboxylic acids is 1. The van der Waals surface area contributed by atoms with E-state index in [-0.39, 0.29) is 5.82 Å². The van der Waals surface area contributed by atoms with Crippen molar-refractivity contribution in [3.63, 3.8) is 0 Å². The van der Waals surface area contributed by atoms with Gasteiger partial charge in [0.1, 0.15) is 10.5 Å². The number of nitrogen functional groups attached to an aromatic ring is 1. The summed E-state index contributed by atoms with van der Waals surface area (Å²) in [5, 5.41) is 17.0. The fraction of sp³-hybridized carbons (Fsp3) is 0.105. The molecule has 146 valence electrons. The summed E-state index contributed by atoms with van der Waals surface area (Å²) >= 11 is 1.50. The van der Waals surface area contributed by atoms with Crippen molar-refractivity contribution in [3.8, 4) is 11.5 Å². The van der Waals surface area contributed by atoms with E-state index in [4.69, 9.17) is 15.5 Å². The second kappa shape index (κ2) is 7.76. The van der Waals surface area contributed by atoms with Crippen LogP contribution in [0.5, 0.6) is 0 Å². The SMILES string of the molecule is CCn1c(-c2nonc2N)nc2cnc(Sc3ccc(/C=C/C(=O)O)cc3)cc21. The molecule has 0 amide bonds. The number of pyridine rings is 1. The van der Waals surface area contributed by atoms with Crippen LogP contribution < -0.4 is 5.73 Å². The maximum atomic E-state index is 10.6. The van der Waals surface area contributed by atoms with Gasteiger partial charge in [-0.15, -0.1) is 0 Å². The Hall–Kier alpha value is -3.66. The fourth-order valence-electron chi connectivity index (χ4n) is 2.85. The number of aliphatic carboxylic acids is 1. The van der Waals surface area contributed by atoms with Crippen LogP contribution in [0.15, 0.2) is 57.2 Å². The first-order chi connectivity index (χ1) is 14.0. The van der Waals surface area contributed by atoms with Crippen molar-refractivity contribution < 1.29 is 14.5 Å². The highest BCUT2D eigenvalue weighted by atomic mass is 32.2. The molecule has 29 heavy (non-hydrogen) atoms. The third-order valence-electron chi connectivity index (χ3n) is 4.17. The number of benzene rings is 1. The van der Waals surface area contributed by atoms with Crippen molar-refractivity contribution in [1.82, 2.24) is 24.8 Å². The predicted octanol–water partition coefficient (Wildman–Crippen LogP) is 3.33. The minimum Gasteiger partial charge on any atom is -0.478 e. The molecule has 4 aromatic rings. The van der Waals surface area contributed by atoms with Crippen molar-refractivity contribution in [2.45, 2.75) is 23.4 Å². The fourth-order valence-corrected chi connectivity index (χ4v) is 3.64. The van der Waals surface area contributed by atoms with E-state index in [1.807, 2.05) is 41.8 Å². The molecule has 0 fully saturated rings. The summed E-state index contributed by atoms with van der Waals surface area (Å²) in [7, 11) is 0. The molecular formula is C19H16N6O3S. The summed E-state index contributed by atoms with van der Waals surface area (Å²) in [5.74, 6) is -0.203. The number of fused-ring (bicyclic) bond motifs is 1. The van der Waals surface area contributed by atoms with E-state index in [9.17, 15) is 4.79 Å². The molecule has 0 aliphatic carbocycles. The van der Waals surface area contributed by atoms with E-state index >= 15 is 0 Å². The minimum absolute atomic E-state index is 0.189. The molecule has 3 heterocycles. The average molecular weight is 408 g/mol. The Kier molecular flexibility index (Phi) is 5.00. The normalized spacial score (nSPS) is 11.5. The number of hydrogen-bond acceptors (Lipinski definition) is 8. The van der Waals surface area contributed by atoms with Crippen molar-refractivity contribution in [2.75, 3.05) is 5.73 Å². The van der Waals surface area contributed by atoms with Crippen LogP contribution in [0.4, 0.5) is 5.82 Å². The van der Waals surface area contributed by atoms with E-state index in [2.05, 4.69) is 20.3 Å². The predicted molar refractivity (Wildman–Crippen MR) is 108 cm³/mol. The Morgan fingerprint density at radius 2 is 2.10 bits per heavy atom. The minimum atomic E-state index is -0.976. The highest BCUT2D eigenvalue weighted by Crippen LogP contribution is 2.31. The number of hydrogen-bond donors (Lipinski definition) is 2. The van der Waals surface area contributed by atoms with Gasteiger partial charge in [-0.3, -0.25) is 0 Å². The number of rotatable bonds is 6. The van der Waals surface area contributed by atoms with Crippen molar-refractivity contribution in [1.29, 1.82) is 0 Å². The van der Waals surface area contributed by atoms with Gasteiger partial charge in [-0.2, -0.15) is 0 Å². The number of nitrogens with zero attached hydrogens (tertiary/aromatic N) is 5. The molecule has 0 saturated heterocycles. The number of nitrogens with two attached hydrogens (primary N) is 1. The number of aromatic nitrogens is 5. The van der Waals surface area contributed by atoms with E-state index in [0.717, 1.165) is 32.6 Å². The van der Waals surface area contributed by atoms with Crippen LogP contribution in [0.1, 0.15) is 12.5 Å². The van der Waals surface area contributed by atoms with E-state index in [0.29, 0.717) is 18.1 Å². The maximum Gasteiger partial charge on any atom is 0.328 e. The van der Waals surface area contributed by atoms with Crippen LogP contribution in [0.2, 0.25) is 0 Å². The second-order valence-corrected chi connectivity index (χ2v) is 7.13. The lowest BCUT2D eigenvalue weighted by atomic mass is 10.2. The van der Waals surface area contributed by atoms with Crippen LogP contribution in [0, 0.1) is 0 Å². The molecular weight excluding hydrogens is 392 g/mol. The van der Waals surface area contributed by atoms with Gasteiger partial charge in [0.05, 0.1) is 11.7 Å². The lowest BCUT2D eigenvalue weighted by Crippen LogP contribution is -2.00. The highest BCUT2D eigenvalue weighted by Gasteiger charge is 2.19. The van der Waals surface area contributed by atoms with Crippen LogP contribution in [0.3, 0.4) is 0 Å². The van der Waals surface area contributed by atoms with Gasteiger partial charge in [0, 0.05) is 17.5 Å².